The number of pyridine rings is 2. The Bertz CT molecular complexity index is 679. The number of anilines is 1. The van der Waals surface area contributed by atoms with E-state index in [-0.39, 0.29) is 11.8 Å². The molecule has 3 rings (SSSR count). The van der Waals surface area contributed by atoms with Crippen molar-refractivity contribution in [2.24, 2.45) is 0 Å². The number of nitrogens with one attached hydrogen (secondary N) is 1. The van der Waals surface area contributed by atoms with Crippen LogP contribution in [0.4, 0.5) is 5.82 Å². The lowest BCUT2D eigenvalue weighted by Gasteiger charge is -2.15. The fourth-order valence-electron chi connectivity index (χ4n) is 2.15. The van der Waals surface area contributed by atoms with Gasteiger partial charge in [0.05, 0.1) is 17.6 Å². The maximum absolute atomic E-state index is 12.4. The number of hydrogen-bond donors (Lipinski definition) is 1. The first-order valence-electron chi connectivity index (χ1n) is 6.13. The Morgan fingerprint density at radius 1 is 1.40 bits per heavy atom. The molecule has 1 saturated heterocycles. The van der Waals surface area contributed by atoms with Crippen molar-refractivity contribution < 1.29 is 4.79 Å². The van der Waals surface area contributed by atoms with Crippen molar-refractivity contribution in [3.8, 4) is 6.07 Å². The molecule has 1 aliphatic heterocycles. The number of carbonyl (C=O) groups excluding carboxylic acids is 1. The highest BCUT2D eigenvalue weighted by atomic mass is 16.2. The number of rotatable bonds is 2. The van der Waals surface area contributed by atoms with Gasteiger partial charge in [-0.2, -0.15) is 5.26 Å². The highest BCUT2D eigenvalue weighted by Crippen LogP contribution is 2.24. The zero-order valence-corrected chi connectivity index (χ0v) is 10.5. The molecule has 0 spiro atoms. The average molecular weight is 265 g/mol. The van der Waals surface area contributed by atoms with Crippen LogP contribution in [0.2, 0.25) is 0 Å². The van der Waals surface area contributed by atoms with Crippen LogP contribution < -0.4 is 10.4 Å². The Kier molecular flexibility index (Phi) is 3.11. The molecule has 1 fully saturated rings. The molecular formula is C14H11N5O. The molecule has 6 nitrogen and oxygen atoms in total. The van der Waals surface area contributed by atoms with Gasteiger partial charge in [-0.1, -0.05) is 6.07 Å². The largest absolute Gasteiger partial charge is 0.272 e. The minimum atomic E-state index is -0.281. The van der Waals surface area contributed by atoms with Crippen LogP contribution in [0, 0.1) is 11.3 Å². The lowest BCUT2D eigenvalue weighted by atomic mass is 10.0. The molecule has 2 aromatic heterocycles. The zero-order valence-electron chi connectivity index (χ0n) is 10.5. The molecule has 1 unspecified atom stereocenters. The third-order valence-corrected chi connectivity index (χ3v) is 3.16. The van der Waals surface area contributed by atoms with Crippen molar-refractivity contribution in [1.29, 1.82) is 5.26 Å². The van der Waals surface area contributed by atoms with E-state index in [0.29, 0.717) is 17.9 Å². The van der Waals surface area contributed by atoms with E-state index < -0.39 is 0 Å². The summed E-state index contributed by atoms with van der Waals surface area (Å²) in [5.41, 5.74) is 4.34. The number of aromatic nitrogens is 2. The van der Waals surface area contributed by atoms with E-state index in [9.17, 15) is 4.79 Å². The molecule has 20 heavy (non-hydrogen) atoms. The van der Waals surface area contributed by atoms with Crippen LogP contribution in [0.1, 0.15) is 17.0 Å². The predicted octanol–water partition coefficient (Wildman–Crippen LogP) is 0.983. The van der Waals surface area contributed by atoms with Gasteiger partial charge in [0.15, 0.2) is 5.82 Å². The molecule has 2 aromatic rings. The number of nitrogens with zero attached hydrogens (tertiary/aromatic N) is 4. The second-order valence-electron chi connectivity index (χ2n) is 4.39. The van der Waals surface area contributed by atoms with Gasteiger partial charge in [0.25, 0.3) is 5.91 Å². The number of hydrogen-bond acceptors (Lipinski definition) is 5. The highest BCUT2D eigenvalue weighted by molar-refractivity contribution is 5.98. The summed E-state index contributed by atoms with van der Waals surface area (Å²) in [7, 11) is 0. The fourth-order valence-corrected chi connectivity index (χ4v) is 2.15. The molecule has 1 atom stereocenters. The van der Waals surface area contributed by atoms with Gasteiger partial charge in [-0.05, 0) is 17.7 Å². The third-order valence-electron chi connectivity index (χ3n) is 3.16. The molecule has 6 heteroatoms. The third kappa shape index (κ3) is 2.11. The molecule has 0 aliphatic carbocycles. The number of hydrazine groups is 1. The van der Waals surface area contributed by atoms with E-state index in [1.54, 1.807) is 30.6 Å². The van der Waals surface area contributed by atoms with Crippen molar-refractivity contribution in [2.45, 2.75) is 5.92 Å². The van der Waals surface area contributed by atoms with Crippen molar-refractivity contribution in [2.75, 3.05) is 11.6 Å². The molecule has 0 radical (unpaired) electrons. The van der Waals surface area contributed by atoms with E-state index in [0.717, 1.165) is 5.56 Å². The summed E-state index contributed by atoms with van der Waals surface area (Å²) in [6, 6.07) is 8.89. The lowest BCUT2D eigenvalue weighted by molar-refractivity contribution is -0.118. The SMILES string of the molecule is N#Cc1ccnc(N2NCC(c3cccnc3)C2=O)c1. The van der Waals surface area contributed by atoms with E-state index in [1.807, 2.05) is 12.1 Å². The summed E-state index contributed by atoms with van der Waals surface area (Å²) < 4.78 is 0. The monoisotopic (exact) mass is 265 g/mol. The Morgan fingerprint density at radius 3 is 3.05 bits per heavy atom. The van der Waals surface area contributed by atoms with E-state index in [2.05, 4.69) is 15.4 Å². The normalized spacial score (nSPS) is 18.1. The Labute approximate surface area is 115 Å². The second kappa shape index (κ2) is 5.07. The van der Waals surface area contributed by atoms with E-state index >= 15 is 0 Å². The number of carbonyl (C=O) groups is 1. The van der Waals surface area contributed by atoms with Gasteiger partial charge >= 0.3 is 0 Å². The van der Waals surface area contributed by atoms with Gasteiger partial charge in [0.1, 0.15) is 0 Å². The van der Waals surface area contributed by atoms with E-state index in [1.165, 1.54) is 11.2 Å². The van der Waals surface area contributed by atoms with Gasteiger partial charge < -0.3 is 0 Å². The minimum absolute atomic E-state index is 0.0967. The Morgan fingerprint density at radius 2 is 2.30 bits per heavy atom. The van der Waals surface area contributed by atoms with Gasteiger partial charge in [-0.15, -0.1) is 0 Å². The summed E-state index contributed by atoms with van der Waals surface area (Å²) >= 11 is 0. The maximum atomic E-state index is 12.4. The Balaban J connectivity index is 1.87. The van der Waals surface area contributed by atoms with E-state index in [4.69, 9.17) is 5.26 Å². The average Bonchev–Trinajstić information content (AvgIpc) is 2.90. The summed E-state index contributed by atoms with van der Waals surface area (Å²) in [6.45, 7) is 0.489. The molecule has 98 valence electrons. The molecule has 1 N–H and O–H groups in total. The van der Waals surface area contributed by atoms with Crippen molar-refractivity contribution in [3.05, 3.63) is 54.0 Å². The quantitative estimate of drug-likeness (QED) is 0.875. The first-order chi connectivity index (χ1) is 9.79. The maximum Gasteiger partial charge on any atom is 0.251 e. The first kappa shape index (κ1) is 12.3. The predicted molar refractivity (Wildman–Crippen MR) is 71.4 cm³/mol. The molecular weight excluding hydrogens is 254 g/mol. The molecule has 0 saturated carbocycles. The molecule has 3 heterocycles. The van der Waals surface area contributed by atoms with Gasteiger partial charge in [0, 0.05) is 31.2 Å². The lowest BCUT2D eigenvalue weighted by Crippen LogP contribution is -2.35. The molecule has 1 aliphatic rings. The standard InChI is InChI=1S/C14H11N5O/c15-7-10-3-5-17-13(6-10)19-14(20)12(9-18-19)11-2-1-4-16-8-11/h1-6,8,12,18H,9H2. The van der Waals surface area contributed by atoms with Crippen LogP contribution >= 0.6 is 0 Å². The number of amides is 1. The van der Waals surface area contributed by atoms with Crippen LogP contribution in [0.15, 0.2) is 42.9 Å². The minimum Gasteiger partial charge on any atom is -0.272 e. The molecule has 0 aromatic carbocycles. The van der Waals surface area contributed by atoms with Crippen molar-refractivity contribution in [3.63, 3.8) is 0 Å². The second-order valence-corrected chi connectivity index (χ2v) is 4.39. The van der Waals surface area contributed by atoms with Crippen LogP contribution in [-0.4, -0.2) is 22.4 Å². The number of nitriles is 1. The first-order valence-corrected chi connectivity index (χ1v) is 6.13. The van der Waals surface area contributed by atoms with Crippen LogP contribution in [0.5, 0.6) is 0 Å². The van der Waals surface area contributed by atoms with Crippen molar-refractivity contribution in [1.82, 2.24) is 15.4 Å². The summed E-state index contributed by atoms with van der Waals surface area (Å²) in [6.07, 6.45) is 4.87. The van der Waals surface area contributed by atoms with Gasteiger partial charge in [-0.3, -0.25) is 9.78 Å². The van der Waals surface area contributed by atoms with Crippen LogP contribution in [0.25, 0.3) is 0 Å². The smallest absolute Gasteiger partial charge is 0.251 e. The van der Waals surface area contributed by atoms with Gasteiger partial charge in [-0.25, -0.2) is 15.4 Å². The fraction of sp³-hybridized carbons (Fsp3) is 0.143. The van der Waals surface area contributed by atoms with Crippen molar-refractivity contribution >= 4 is 11.7 Å². The van der Waals surface area contributed by atoms with Crippen LogP contribution in [-0.2, 0) is 4.79 Å². The highest BCUT2D eigenvalue weighted by Gasteiger charge is 2.34. The zero-order chi connectivity index (χ0) is 13.9. The molecule has 0 bridgehead atoms. The topological polar surface area (TPSA) is 81.9 Å². The summed E-state index contributed by atoms with van der Waals surface area (Å²) in [5, 5.41) is 10.3. The summed E-state index contributed by atoms with van der Waals surface area (Å²) in [4.78, 5) is 20.6. The Hall–Kier alpha value is -2.78. The summed E-state index contributed by atoms with van der Waals surface area (Å²) in [5.74, 6) is 0.0530. The van der Waals surface area contributed by atoms with Crippen LogP contribution in [0.3, 0.4) is 0 Å². The van der Waals surface area contributed by atoms with Gasteiger partial charge in [0.2, 0.25) is 0 Å². The molecule has 1 amide bonds.